The highest BCUT2D eigenvalue weighted by Gasteiger charge is 2.27. The lowest BCUT2D eigenvalue weighted by Gasteiger charge is -2.23. The largest absolute Gasteiger partial charge is 0.464 e. The molecule has 0 rings (SSSR count). The van der Waals surface area contributed by atoms with Crippen molar-refractivity contribution in [3.05, 3.63) is 0 Å². The van der Waals surface area contributed by atoms with E-state index >= 15 is 0 Å². The number of nitrogens with zero attached hydrogens (tertiary/aromatic N) is 1. The number of esters is 1. The number of ether oxygens (including phenoxy) is 1. The topological polar surface area (TPSA) is 72.9 Å². The predicted molar refractivity (Wildman–Crippen MR) is 50.4 cm³/mol. The highest BCUT2D eigenvalue weighted by molar-refractivity contribution is 5.83. The maximum atomic E-state index is 11.3. The molecule has 0 radical (unpaired) electrons. The van der Waals surface area contributed by atoms with Crippen LogP contribution in [-0.2, 0) is 24.0 Å². The van der Waals surface area contributed by atoms with Crippen molar-refractivity contribution in [3.63, 3.8) is 0 Å². The van der Waals surface area contributed by atoms with Gasteiger partial charge in [0, 0.05) is 13.8 Å². The van der Waals surface area contributed by atoms with E-state index in [2.05, 4.69) is 4.84 Å². The molecular weight excluding hydrogens is 202 g/mol. The molecule has 6 nitrogen and oxygen atoms in total. The molecule has 1 unspecified atom stereocenters. The van der Waals surface area contributed by atoms with Gasteiger partial charge < -0.3 is 9.57 Å². The molecule has 0 aliphatic rings. The molecule has 1 atom stereocenters. The Morgan fingerprint density at radius 3 is 2.13 bits per heavy atom. The predicted octanol–water partition coefficient (Wildman–Crippen LogP) is 0.265. The minimum atomic E-state index is -0.939. The van der Waals surface area contributed by atoms with Gasteiger partial charge in [-0.25, -0.2) is 4.79 Å². The molecular formula is C9H15NO5. The highest BCUT2D eigenvalue weighted by Crippen LogP contribution is 2.03. The molecule has 0 saturated heterocycles. The summed E-state index contributed by atoms with van der Waals surface area (Å²) in [5, 5.41) is 0.695. The molecule has 1 amide bonds. The second kappa shape index (κ2) is 6.00. The lowest BCUT2D eigenvalue weighted by Crippen LogP contribution is -2.43. The first-order valence-corrected chi connectivity index (χ1v) is 4.55. The second-order valence-corrected chi connectivity index (χ2v) is 2.86. The van der Waals surface area contributed by atoms with E-state index in [0.717, 1.165) is 6.92 Å². The maximum absolute atomic E-state index is 11.3. The highest BCUT2D eigenvalue weighted by atomic mass is 16.7. The Labute approximate surface area is 88.1 Å². The van der Waals surface area contributed by atoms with Gasteiger partial charge in [0.15, 0.2) is 6.04 Å². The second-order valence-electron chi connectivity index (χ2n) is 2.86. The zero-order valence-electron chi connectivity index (χ0n) is 9.27. The summed E-state index contributed by atoms with van der Waals surface area (Å²) in [6.07, 6.45) is 0. The van der Waals surface area contributed by atoms with E-state index in [1.165, 1.54) is 13.8 Å². The van der Waals surface area contributed by atoms with Gasteiger partial charge in [-0.2, -0.15) is 5.06 Å². The third kappa shape index (κ3) is 4.44. The Kier molecular flexibility index (Phi) is 5.36. The first kappa shape index (κ1) is 13.4. The van der Waals surface area contributed by atoms with Crippen molar-refractivity contribution in [2.75, 3.05) is 6.61 Å². The van der Waals surface area contributed by atoms with Gasteiger partial charge in [-0.3, -0.25) is 9.59 Å². The van der Waals surface area contributed by atoms with Crippen LogP contribution < -0.4 is 0 Å². The van der Waals surface area contributed by atoms with Gasteiger partial charge in [0.25, 0.3) is 5.91 Å². The van der Waals surface area contributed by atoms with Crippen LogP contribution in [0.2, 0.25) is 0 Å². The minimum absolute atomic E-state index is 0.203. The summed E-state index contributed by atoms with van der Waals surface area (Å²) in [6.45, 7) is 5.61. The van der Waals surface area contributed by atoms with E-state index in [4.69, 9.17) is 4.74 Å². The third-order valence-electron chi connectivity index (χ3n) is 1.52. The summed E-state index contributed by atoms with van der Waals surface area (Å²) in [5.74, 6) is -1.82. The summed E-state index contributed by atoms with van der Waals surface area (Å²) < 4.78 is 4.69. The number of hydrogen-bond acceptors (Lipinski definition) is 5. The number of carbonyl (C=O) groups is 3. The Bertz CT molecular complexity index is 263. The van der Waals surface area contributed by atoms with E-state index in [0.29, 0.717) is 5.06 Å². The van der Waals surface area contributed by atoms with Crippen LogP contribution in [0.4, 0.5) is 0 Å². The Hall–Kier alpha value is -1.59. The monoisotopic (exact) mass is 217 g/mol. The van der Waals surface area contributed by atoms with E-state index in [1.807, 2.05) is 0 Å². The van der Waals surface area contributed by atoms with Crippen molar-refractivity contribution in [2.24, 2.45) is 0 Å². The van der Waals surface area contributed by atoms with Crippen molar-refractivity contribution in [1.29, 1.82) is 0 Å². The smallest absolute Gasteiger partial charge is 0.332 e. The van der Waals surface area contributed by atoms with Gasteiger partial charge in [0.05, 0.1) is 6.61 Å². The first-order valence-electron chi connectivity index (χ1n) is 4.55. The lowest BCUT2D eigenvalue weighted by molar-refractivity contribution is -0.207. The number of hydroxylamine groups is 2. The van der Waals surface area contributed by atoms with E-state index in [9.17, 15) is 14.4 Å². The van der Waals surface area contributed by atoms with Gasteiger partial charge in [0.2, 0.25) is 0 Å². The molecule has 0 aliphatic heterocycles. The van der Waals surface area contributed by atoms with Gasteiger partial charge in [0.1, 0.15) is 0 Å². The van der Waals surface area contributed by atoms with E-state index in [1.54, 1.807) is 6.92 Å². The number of amides is 1. The molecule has 6 heteroatoms. The maximum Gasteiger partial charge on any atom is 0.332 e. The average molecular weight is 217 g/mol. The van der Waals surface area contributed by atoms with Crippen molar-refractivity contribution in [2.45, 2.75) is 33.7 Å². The normalized spacial score (nSPS) is 11.5. The van der Waals surface area contributed by atoms with Crippen molar-refractivity contribution in [1.82, 2.24) is 5.06 Å². The van der Waals surface area contributed by atoms with Gasteiger partial charge in [-0.05, 0) is 13.8 Å². The molecule has 86 valence electrons. The van der Waals surface area contributed by atoms with Gasteiger partial charge >= 0.3 is 11.9 Å². The molecule has 0 N–H and O–H groups in total. The van der Waals surface area contributed by atoms with E-state index in [-0.39, 0.29) is 6.61 Å². The summed E-state index contributed by atoms with van der Waals surface area (Å²) in [4.78, 5) is 37.6. The molecule has 0 heterocycles. The minimum Gasteiger partial charge on any atom is -0.464 e. The molecule has 0 fully saturated rings. The summed E-state index contributed by atoms with van der Waals surface area (Å²) >= 11 is 0. The fraction of sp³-hybridized carbons (Fsp3) is 0.667. The molecule has 15 heavy (non-hydrogen) atoms. The lowest BCUT2D eigenvalue weighted by atomic mass is 10.3. The number of rotatable bonds is 3. The van der Waals surface area contributed by atoms with Crippen molar-refractivity contribution >= 4 is 17.8 Å². The fourth-order valence-corrected chi connectivity index (χ4v) is 0.913. The van der Waals surface area contributed by atoms with E-state index < -0.39 is 23.9 Å². The molecule has 0 spiro atoms. The van der Waals surface area contributed by atoms with Crippen molar-refractivity contribution in [3.8, 4) is 0 Å². The van der Waals surface area contributed by atoms with Crippen LogP contribution in [0.3, 0.4) is 0 Å². The number of hydrogen-bond donors (Lipinski definition) is 0. The standard InChI is InChI=1S/C9H15NO5/c1-5-14-9(13)6(2)10(7(3)11)15-8(4)12/h6H,5H2,1-4H3. The van der Waals surface area contributed by atoms with Crippen LogP contribution >= 0.6 is 0 Å². The summed E-state index contributed by atoms with van der Waals surface area (Å²) in [5.41, 5.74) is 0. The summed E-state index contributed by atoms with van der Waals surface area (Å²) in [6, 6.07) is -0.939. The molecule has 0 bridgehead atoms. The first-order chi connectivity index (χ1) is 6.90. The average Bonchev–Trinajstić information content (AvgIpc) is 2.12. The van der Waals surface area contributed by atoms with Crippen LogP contribution in [-0.4, -0.2) is 35.6 Å². The van der Waals surface area contributed by atoms with Crippen LogP contribution in [0.15, 0.2) is 0 Å². The molecule has 0 aromatic heterocycles. The molecule has 0 aromatic carbocycles. The van der Waals surface area contributed by atoms with Crippen molar-refractivity contribution < 1.29 is 24.0 Å². The summed E-state index contributed by atoms with van der Waals surface area (Å²) in [7, 11) is 0. The Balaban J connectivity index is 4.54. The Morgan fingerprint density at radius 1 is 1.27 bits per heavy atom. The van der Waals surface area contributed by atoms with Crippen LogP contribution in [0.1, 0.15) is 27.7 Å². The SMILES string of the molecule is CCOC(=O)C(C)N(OC(C)=O)C(C)=O. The quantitative estimate of drug-likeness (QED) is 0.501. The molecule has 0 aromatic rings. The Morgan fingerprint density at radius 2 is 1.80 bits per heavy atom. The third-order valence-corrected chi connectivity index (χ3v) is 1.52. The zero-order chi connectivity index (χ0) is 12.0. The van der Waals surface area contributed by atoms with Crippen LogP contribution in [0, 0.1) is 0 Å². The molecule has 0 saturated carbocycles. The number of carbonyl (C=O) groups excluding carboxylic acids is 3. The van der Waals surface area contributed by atoms with Gasteiger partial charge in [-0.1, -0.05) is 0 Å². The molecule has 0 aliphatic carbocycles. The van der Waals surface area contributed by atoms with Crippen LogP contribution in [0.5, 0.6) is 0 Å². The fourth-order valence-electron chi connectivity index (χ4n) is 0.913. The zero-order valence-corrected chi connectivity index (χ0v) is 9.27. The van der Waals surface area contributed by atoms with Crippen LogP contribution in [0.25, 0.3) is 0 Å². The van der Waals surface area contributed by atoms with Gasteiger partial charge in [-0.15, -0.1) is 0 Å².